The molecule has 41 heavy (non-hydrogen) atoms. The normalized spacial score (nSPS) is 14.9. The van der Waals surface area contributed by atoms with Crippen LogP contribution in [0.3, 0.4) is 0 Å². The van der Waals surface area contributed by atoms with Crippen molar-refractivity contribution in [2.75, 3.05) is 6.61 Å². The number of benzene rings is 2. The van der Waals surface area contributed by atoms with Gasteiger partial charge >= 0.3 is 5.97 Å². The third-order valence-electron chi connectivity index (χ3n) is 6.51. The number of hydrogen-bond donors (Lipinski definition) is 0. The number of fused-ring (bicyclic) bond motifs is 1. The van der Waals surface area contributed by atoms with E-state index in [0.29, 0.717) is 31.9 Å². The van der Waals surface area contributed by atoms with E-state index >= 15 is 0 Å². The first-order valence-electron chi connectivity index (χ1n) is 12.4. The minimum Gasteiger partial charge on any atom is -0.463 e. The third kappa shape index (κ3) is 5.10. The van der Waals surface area contributed by atoms with Crippen molar-refractivity contribution in [3.8, 4) is 11.3 Å². The molecule has 0 N–H and O–H groups in total. The molecule has 0 saturated heterocycles. The van der Waals surface area contributed by atoms with Gasteiger partial charge < -0.3 is 9.15 Å². The van der Waals surface area contributed by atoms with Crippen molar-refractivity contribution in [3.63, 3.8) is 0 Å². The molecule has 2 aromatic heterocycles. The number of thiazole rings is 1. The molecule has 3 heterocycles. The monoisotopic (exact) mass is 574 g/mol. The van der Waals surface area contributed by atoms with E-state index in [4.69, 9.17) is 9.15 Å². The average Bonchev–Trinajstić information content (AvgIpc) is 3.53. The third-order valence-corrected chi connectivity index (χ3v) is 7.50. The van der Waals surface area contributed by atoms with Gasteiger partial charge in [0.05, 0.1) is 32.3 Å². The van der Waals surface area contributed by atoms with Gasteiger partial charge in [-0.05, 0) is 62.2 Å². The van der Waals surface area contributed by atoms with E-state index < -0.39 is 27.4 Å². The number of carbonyl (C=O) groups excluding carboxylic acids is 1. The summed E-state index contributed by atoms with van der Waals surface area (Å²) in [5, 5.41) is 22.4. The Balaban J connectivity index is 1.67. The zero-order chi connectivity index (χ0) is 29.4. The van der Waals surface area contributed by atoms with Crippen LogP contribution < -0.4 is 14.9 Å². The van der Waals surface area contributed by atoms with Crippen LogP contribution in [0.15, 0.2) is 80.1 Å². The van der Waals surface area contributed by atoms with Gasteiger partial charge in [-0.2, -0.15) is 0 Å². The topological polar surface area (TPSA) is 160 Å². The molecule has 1 atom stereocenters. The predicted molar refractivity (Wildman–Crippen MR) is 149 cm³/mol. The lowest BCUT2D eigenvalue weighted by Gasteiger charge is -2.22. The largest absolute Gasteiger partial charge is 0.463 e. The molecule has 2 aromatic carbocycles. The molecule has 0 radical (unpaired) electrons. The number of carbonyl (C=O) groups is 1. The summed E-state index contributed by atoms with van der Waals surface area (Å²) < 4.78 is 13.1. The van der Waals surface area contributed by atoms with Crippen LogP contribution in [-0.2, 0) is 9.53 Å². The summed E-state index contributed by atoms with van der Waals surface area (Å²) in [6.07, 6.45) is 1.59. The van der Waals surface area contributed by atoms with E-state index in [-0.39, 0.29) is 29.3 Å². The zero-order valence-corrected chi connectivity index (χ0v) is 22.8. The number of ether oxygens (including phenoxy) is 1. The fraction of sp³-hybridized carbons (Fsp3) is 0.179. The summed E-state index contributed by atoms with van der Waals surface area (Å²) in [5.74, 6) is -0.0915. The van der Waals surface area contributed by atoms with Crippen LogP contribution >= 0.6 is 11.3 Å². The molecular formula is C28H22N4O8S. The van der Waals surface area contributed by atoms with E-state index in [1.165, 1.54) is 41.0 Å². The van der Waals surface area contributed by atoms with Gasteiger partial charge in [-0.15, -0.1) is 0 Å². The van der Waals surface area contributed by atoms with Crippen molar-refractivity contribution >= 4 is 34.8 Å². The average molecular weight is 575 g/mol. The molecule has 0 fully saturated rings. The lowest BCUT2D eigenvalue weighted by Crippen LogP contribution is -2.39. The fourth-order valence-corrected chi connectivity index (χ4v) is 5.58. The van der Waals surface area contributed by atoms with Crippen LogP contribution in [0.4, 0.5) is 11.4 Å². The standard InChI is InChI=1S/C28H22N4O8S/c1-4-39-27(34)24-16(3)29-28-30(26(33)23(41-28)13-17-6-9-18(10-7-17)31(35)36)25(24)22-12-11-21(40-22)20-14-19(32(37)38)8-5-15(20)2/h5-14,25H,4H2,1-3H3/b23-13-/t25-/m1/s1. The number of hydrogen-bond acceptors (Lipinski definition) is 10. The molecule has 0 unspecified atom stereocenters. The molecule has 13 heteroatoms. The van der Waals surface area contributed by atoms with Crippen molar-refractivity contribution in [2.45, 2.75) is 26.8 Å². The number of nitrogens with zero attached hydrogens (tertiary/aromatic N) is 4. The Kier molecular flexibility index (Phi) is 7.20. The molecule has 0 saturated carbocycles. The maximum Gasteiger partial charge on any atom is 0.338 e. The van der Waals surface area contributed by atoms with Crippen LogP contribution in [0.5, 0.6) is 0 Å². The highest BCUT2D eigenvalue weighted by Gasteiger charge is 2.35. The number of allylic oxidation sites excluding steroid dienone is 1. The quantitative estimate of drug-likeness (QED) is 0.180. The number of nitro benzene ring substituents is 2. The van der Waals surface area contributed by atoms with Crippen LogP contribution in [-0.4, -0.2) is 27.0 Å². The summed E-state index contributed by atoms with van der Waals surface area (Å²) in [7, 11) is 0. The lowest BCUT2D eigenvalue weighted by atomic mass is 10.0. The molecule has 208 valence electrons. The smallest absolute Gasteiger partial charge is 0.338 e. The van der Waals surface area contributed by atoms with Gasteiger partial charge in [-0.3, -0.25) is 29.6 Å². The number of esters is 1. The highest BCUT2D eigenvalue weighted by atomic mass is 32.1. The van der Waals surface area contributed by atoms with Crippen LogP contribution in [0, 0.1) is 27.2 Å². The van der Waals surface area contributed by atoms with E-state index in [9.17, 15) is 29.8 Å². The zero-order valence-electron chi connectivity index (χ0n) is 22.0. The number of nitro groups is 2. The van der Waals surface area contributed by atoms with Crippen molar-refractivity contribution in [3.05, 3.63) is 123 Å². The van der Waals surface area contributed by atoms with Gasteiger partial charge in [-0.25, -0.2) is 9.79 Å². The van der Waals surface area contributed by atoms with Gasteiger partial charge in [0, 0.05) is 29.8 Å². The highest BCUT2D eigenvalue weighted by molar-refractivity contribution is 7.07. The molecule has 0 spiro atoms. The summed E-state index contributed by atoms with van der Waals surface area (Å²) in [6, 6.07) is 12.4. The first-order chi connectivity index (χ1) is 19.6. The van der Waals surface area contributed by atoms with E-state index in [1.54, 1.807) is 45.0 Å². The van der Waals surface area contributed by atoms with E-state index in [2.05, 4.69) is 4.99 Å². The number of rotatable bonds is 7. The maximum atomic E-state index is 13.7. The minimum absolute atomic E-state index is 0.0779. The van der Waals surface area contributed by atoms with Crippen LogP contribution in [0.2, 0.25) is 0 Å². The molecule has 0 amide bonds. The van der Waals surface area contributed by atoms with Gasteiger partial charge in [0.15, 0.2) is 4.80 Å². The number of furan rings is 1. The molecule has 5 rings (SSSR count). The number of non-ortho nitro benzene ring substituents is 2. The molecule has 1 aliphatic heterocycles. The van der Waals surface area contributed by atoms with Gasteiger partial charge in [0.1, 0.15) is 17.6 Å². The van der Waals surface area contributed by atoms with Gasteiger partial charge in [0.25, 0.3) is 16.9 Å². The summed E-state index contributed by atoms with van der Waals surface area (Å²) in [6.45, 7) is 5.19. The summed E-state index contributed by atoms with van der Waals surface area (Å²) in [5.41, 5.74) is 1.64. The molecule has 1 aliphatic rings. The van der Waals surface area contributed by atoms with E-state index in [1.807, 2.05) is 0 Å². The fourth-order valence-electron chi connectivity index (χ4n) is 4.54. The Morgan fingerprint density at radius 2 is 1.76 bits per heavy atom. The van der Waals surface area contributed by atoms with Crippen molar-refractivity contribution < 1.29 is 23.8 Å². The maximum absolute atomic E-state index is 13.7. The van der Waals surface area contributed by atoms with Crippen molar-refractivity contribution in [1.29, 1.82) is 0 Å². The summed E-state index contributed by atoms with van der Waals surface area (Å²) in [4.78, 5) is 53.0. The first-order valence-corrected chi connectivity index (χ1v) is 13.2. The Morgan fingerprint density at radius 1 is 1.07 bits per heavy atom. The highest BCUT2D eigenvalue weighted by Crippen LogP contribution is 2.36. The summed E-state index contributed by atoms with van der Waals surface area (Å²) >= 11 is 1.10. The van der Waals surface area contributed by atoms with Gasteiger partial charge in [0.2, 0.25) is 0 Å². The second-order valence-corrected chi connectivity index (χ2v) is 10.1. The molecule has 0 bridgehead atoms. The van der Waals surface area contributed by atoms with Crippen LogP contribution in [0.1, 0.15) is 36.8 Å². The second-order valence-electron chi connectivity index (χ2n) is 9.11. The predicted octanol–water partition coefficient (Wildman–Crippen LogP) is 4.18. The number of aryl methyl sites for hydroxylation is 1. The van der Waals surface area contributed by atoms with Gasteiger partial charge in [-0.1, -0.05) is 17.4 Å². The van der Waals surface area contributed by atoms with Crippen molar-refractivity contribution in [1.82, 2.24) is 4.57 Å². The Hall–Kier alpha value is -5.17. The Labute approximate surface area is 235 Å². The number of aromatic nitrogens is 1. The minimum atomic E-state index is -1.02. The van der Waals surface area contributed by atoms with Crippen molar-refractivity contribution in [2.24, 2.45) is 4.99 Å². The Morgan fingerprint density at radius 3 is 2.41 bits per heavy atom. The lowest BCUT2D eigenvalue weighted by molar-refractivity contribution is -0.385. The molecule has 12 nitrogen and oxygen atoms in total. The first kappa shape index (κ1) is 27.4. The SMILES string of the molecule is CCOC(=O)C1=C(C)N=c2s/c(=C\c3ccc([N+](=O)[O-])cc3)c(=O)n2[C@@H]1c1ccc(-c2cc([N+](=O)[O-])ccc2C)o1. The molecule has 4 aromatic rings. The van der Waals surface area contributed by atoms with Crippen LogP contribution in [0.25, 0.3) is 17.4 Å². The van der Waals surface area contributed by atoms with E-state index in [0.717, 1.165) is 16.9 Å². The molecule has 0 aliphatic carbocycles. The Bertz CT molecular complexity index is 1930. The molecular weight excluding hydrogens is 552 g/mol. The second kappa shape index (κ2) is 10.8.